The first-order valence-corrected chi connectivity index (χ1v) is 4.94. The monoisotopic (exact) mass is 195 g/mol. The van der Waals surface area contributed by atoms with E-state index >= 15 is 0 Å². The molecule has 0 saturated carbocycles. The van der Waals surface area contributed by atoms with Crippen molar-refractivity contribution in [3.63, 3.8) is 0 Å². The molecule has 1 N–H and O–H groups in total. The second-order valence-corrected chi connectivity index (χ2v) is 3.70. The third-order valence-corrected chi connectivity index (χ3v) is 2.64. The maximum Gasteiger partial charge on any atom is 0.125 e. The van der Waals surface area contributed by atoms with Crippen molar-refractivity contribution in [2.75, 3.05) is 18.0 Å². The molecule has 1 aromatic rings. The Hall–Kier alpha value is -1.09. The van der Waals surface area contributed by atoms with Gasteiger partial charge in [0.2, 0.25) is 0 Å². The summed E-state index contributed by atoms with van der Waals surface area (Å²) in [6.07, 6.45) is 1.37. The molecular formula is C11H14FNO. The molecule has 1 fully saturated rings. The van der Waals surface area contributed by atoms with Crippen LogP contribution >= 0.6 is 0 Å². The average Bonchev–Trinajstić information content (AvgIpc) is 2.19. The summed E-state index contributed by atoms with van der Waals surface area (Å²) < 4.78 is 12.9. The van der Waals surface area contributed by atoms with Gasteiger partial charge in [-0.05, 0) is 31.0 Å². The molecule has 0 aromatic heterocycles. The van der Waals surface area contributed by atoms with E-state index in [-0.39, 0.29) is 11.9 Å². The van der Waals surface area contributed by atoms with Gasteiger partial charge >= 0.3 is 0 Å². The maximum absolute atomic E-state index is 12.9. The van der Waals surface area contributed by atoms with Gasteiger partial charge < -0.3 is 10.0 Å². The van der Waals surface area contributed by atoms with Crippen molar-refractivity contribution < 1.29 is 9.50 Å². The van der Waals surface area contributed by atoms with Crippen molar-refractivity contribution in [1.29, 1.82) is 0 Å². The van der Waals surface area contributed by atoms with Gasteiger partial charge in [-0.3, -0.25) is 0 Å². The number of aliphatic hydroxyl groups excluding tert-OH is 1. The average molecular weight is 195 g/mol. The third kappa shape index (κ3) is 2.04. The lowest BCUT2D eigenvalue weighted by atomic mass is 10.1. The quantitative estimate of drug-likeness (QED) is 0.738. The maximum atomic E-state index is 12.9. The molecule has 0 aliphatic carbocycles. The standard InChI is InChI=1S/C11H14FNO/c12-9-2-1-3-10(8-9)13-6-4-11(14)5-7-13/h1-3,8,11,14H,4-7H2. The fraction of sp³-hybridized carbons (Fsp3) is 0.455. The molecule has 3 heteroatoms. The molecule has 76 valence electrons. The lowest BCUT2D eigenvalue weighted by molar-refractivity contribution is 0.145. The van der Waals surface area contributed by atoms with Crippen LogP contribution in [0, 0.1) is 5.82 Å². The number of rotatable bonds is 1. The van der Waals surface area contributed by atoms with Gasteiger partial charge in [-0.2, -0.15) is 0 Å². The summed E-state index contributed by atoms with van der Waals surface area (Å²) in [5.74, 6) is -0.200. The first-order valence-electron chi connectivity index (χ1n) is 4.94. The van der Waals surface area contributed by atoms with Gasteiger partial charge in [-0.1, -0.05) is 6.07 Å². The Balaban J connectivity index is 2.08. The zero-order chi connectivity index (χ0) is 9.97. The minimum atomic E-state index is -0.200. The number of hydrogen-bond acceptors (Lipinski definition) is 2. The van der Waals surface area contributed by atoms with Crippen molar-refractivity contribution in [2.45, 2.75) is 18.9 Å². The molecule has 1 aliphatic heterocycles. The van der Waals surface area contributed by atoms with E-state index in [0.717, 1.165) is 31.6 Å². The number of hydrogen-bond donors (Lipinski definition) is 1. The van der Waals surface area contributed by atoms with E-state index in [2.05, 4.69) is 4.90 Å². The molecule has 0 amide bonds. The van der Waals surface area contributed by atoms with Crippen LogP contribution in [-0.2, 0) is 0 Å². The smallest absolute Gasteiger partial charge is 0.125 e. The lowest BCUT2D eigenvalue weighted by Crippen LogP contribution is -2.35. The predicted molar refractivity (Wildman–Crippen MR) is 53.9 cm³/mol. The van der Waals surface area contributed by atoms with E-state index < -0.39 is 0 Å². The van der Waals surface area contributed by atoms with E-state index in [9.17, 15) is 9.50 Å². The van der Waals surface area contributed by atoms with Gasteiger partial charge in [0.15, 0.2) is 0 Å². The Kier molecular flexibility index (Phi) is 2.68. The van der Waals surface area contributed by atoms with Crippen LogP contribution < -0.4 is 4.90 Å². The zero-order valence-corrected chi connectivity index (χ0v) is 7.99. The fourth-order valence-electron chi connectivity index (χ4n) is 1.80. The summed E-state index contributed by atoms with van der Waals surface area (Å²) in [4.78, 5) is 2.11. The van der Waals surface area contributed by atoms with Gasteiger partial charge in [0.25, 0.3) is 0 Å². The summed E-state index contributed by atoms with van der Waals surface area (Å²) in [5, 5.41) is 9.33. The molecular weight excluding hydrogens is 181 g/mol. The van der Waals surface area contributed by atoms with Crippen LogP contribution in [0.25, 0.3) is 0 Å². The fourth-order valence-corrected chi connectivity index (χ4v) is 1.80. The number of benzene rings is 1. The summed E-state index contributed by atoms with van der Waals surface area (Å²) in [5.41, 5.74) is 0.914. The Bertz CT molecular complexity index is 308. The highest BCUT2D eigenvalue weighted by Crippen LogP contribution is 2.20. The lowest BCUT2D eigenvalue weighted by Gasteiger charge is -2.31. The second kappa shape index (κ2) is 3.96. The van der Waals surface area contributed by atoms with Gasteiger partial charge in [-0.25, -0.2) is 4.39 Å². The minimum Gasteiger partial charge on any atom is -0.393 e. The largest absolute Gasteiger partial charge is 0.393 e. The molecule has 1 aromatic carbocycles. The van der Waals surface area contributed by atoms with Crippen molar-refractivity contribution in [3.8, 4) is 0 Å². The van der Waals surface area contributed by atoms with Crippen LogP contribution in [0.15, 0.2) is 24.3 Å². The highest BCUT2D eigenvalue weighted by molar-refractivity contribution is 5.46. The molecule has 0 unspecified atom stereocenters. The van der Waals surface area contributed by atoms with Crippen molar-refractivity contribution in [2.24, 2.45) is 0 Å². The van der Waals surface area contributed by atoms with Crippen molar-refractivity contribution >= 4 is 5.69 Å². The third-order valence-electron chi connectivity index (χ3n) is 2.64. The molecule has 0 spiro atoms. The van der Waals surface area contributed by atoms with Gasteiger partial charge in [0.1, 0.15) is 5.82 Å². The number of piperidine rings is 1. The summed E-state index contributed by atoms with van der Waals surface area (Å²) in [7, 11) is 0. The summed E-state index contributed by atoms with van der Waals surface area (Å²) in [6, 6.07) is 6.61. The molecule has 0 bridgehead atoms. The van der Waals surface area contributed by atoms with E-state index in [0.29, 0.717) is 0 Å². The molecule has 1 heterocycles. The summed E-state index contributed by atoms with van der Waals surface area (Å²) in [6.45, 7) is 1.62. The van der Waals surface area contributed by atoms with Crippen molar-refractivity contribution in [1.82, 2.24) is 0 Å². The molecule has 1 saturated heterocycles. The molecule has 1 aliphatic rings. The Morgan fingerprint density at radius 2 is 2.00 bits per heavy atom. The SMILES string of the molecule is OC1CCN(c2cccc(F)c2)CC1. The van der Waals surface area contributed by atoms with Crippen LogP contribution in [0.3, 0.4) is 0 Å². The summed E-state index contributed by atoms with van der Waals surface area (Å²) >= 11 is 0. The van der Waals surface area contributed by atoms with Crippen molar-refractivity contribution in [3.05, 3.63) is 30.1 Å². The molecule has 0 radical (unpaired) electrons. The Morgan fingerprint density at radius 3 is 2.64 bits per heavy atom. The Labute approximate surface area is 83.0 Å². The van der Waals surface area contributed by atoms with Crippen LogP contribution in [0.1, 0.15) is 12.8 Å². The molecule has 2 rings (SSSR count). The minimum absolute atomic E-state index is 0.181. The van der Waals surface area contributed by atoms with E-state index in [1.54, 1.807) is 6.07 Å². The van der Waals surface area contributed by atoms with Crippen LogP contribution in [-0.4, -0.2) is 24.3 Å². The van der Waals surface area contributed by atoms with Crippen LogP contribution in [0.4, 0.5) is 10.1 Å². The van der Waals surface area contributed by atoms with E-state index in [4.69, 9.17) is 0 Å². The van der Waals surface area contributed by atoms with Gasteiger partial charge in [-0.15, -0.1) is 0 Å². The normalized spacial score (nSPS) is 18.6. The second-order valence-electron chi connectivity index (χ2n) is 3.70. The van der Waals surface area contributed by atoms with Gasteiger partial charge in [0.05, 0.1) is 6.10 Å². The first-order chi connectivity index (χ1) is 6.75. The highest BCUT2D eigenvalue weighted by Gasteiger charge is 2.17. The molecule has 2 nitrogen and oxygen atoms in total. The highest BCUT2D eigenvalue weighted by atomic mass is 19.1. The van der Waals surface area contributed by atoms with Crippen LogP contribution in [0.5, 0.6) is 0 Å². The van der Waals surface area contributed by atoms with E-state index in [1.807, 2.05) is 6.07 Å². The predicted octanol–water partition coefficient (Wildman–Crippen LogP) is 1.79. The number of anilines is 1. The zero-order valence-electron chi connectivity index (χ0n) is 7.99. The number of aliphatic hydroxyl groups is 1. The molecule has 0 atom stereocenters. The molecule has 14 heavy (non-hydrogen) atoms. The number of nitrogens with zero attached hydrogens (tertiary/aromatic N) is 1. The topological polar surface area (TPSA) is 23.5 Å². The Morgan fingerprint density at radius 1 is 1.29 bits per heavy atom. The number of halogens is 1. The first kappa shape index (κ1) is 9.46. The van der Waals surface area contributed by atoms with E-state index in [1.165, 1.54) is 12.1 Å². The van der Waals surface area contributed by atoms with Gasteiger partial charge in [0, 0.05) is 18.8 Å². The van der Waals surface area contributed by atoms with Crippen LogP contribution in [0.2, 0.25) is 0 Å².